The summed E-state index contributed by atoms with van der Waals surface area (Å²) in [7, 11) is 0. The topological polar surface area (TPSA) is 26.3 Å². The molecule has 13 heavy (non-hydrogen) atoms. The molecular formula is C7H5F3O2S. The quantitative estimate of drug-likeness (QED) is 0.666. The van der Waals surface area contributed by atoms with Crippen LogP contribution in [0.2, 0.25) is 0 Å². The first kappa shape index (κ1) is 10.0. The predicted octanol–water partition coefficient (Wildman–Crippen LogP) is 2.73. The lowest BCUT2D eigenvalue weighted by molar-refractivity contribution is -0.291. The molecule has 0 bridgehead atoms. The van der Waals surface area contributed by atoms with Crippen molar-refractivity contribution in [3.8, 4) is 0 Å². The molecule has 0 spiro atoms. The largest absolute Gasteiger partial charge is 0.575 e. The van der Waals surface area contributed by atoms with Gasteiger partial charge < -0.3 is 4.74 Å². The first-order valence-corrected chi connectivity index (χ1v) is 4.06. The summed E-state index contributed by atoms with van der Waals surface area (Å²) in [5, 5.41) is 0. The van der Waals surface area contributed by atoms with Gasteiger partial charge in [0.15, 0.2) is 0 Å². The van der Waals surface area contributed by atoms with Gasteiger partial charge in [-0.2, -0.15) is 0 Å². The van der Waals surface area contributed by atoms with Crippen molar-refractivity contribution >= 4 is 17.3 Å². The third-order valence-electron chi connectivity index (χ3n) is 1.15. The van der Waals surface area contributed by atoms with E-state index in [2.05, 4.69) is 4.74 Å². The molecule has 72 valence electrons. The molecule has 0 amide bonds. The number of carbonyl (C=O) groups excluding carboxylic acids is 1. The van der Waals surface area contributed by atoms with Gasteiger partial charge in [-0.05, 0) is 19.1 Å². The fourth-order valence-electron chi connectivity index (χ4n) is 0.700. The molecule has 0 aromatic carbocycles. The summed E-state index contributed by atoms with van der Waals surface area (Å²) in [6.45, 7) is 1.69. The van der Waals surface area contributed by atoms with Crippen LogP contribution < -0.4 is 0 Å². The number of thiophene rings is 1. The van der Waals surface area contributed by atoms with Crippen LogP contribution in [-0.4, -0.2) is 12.3 Å². The zero-order chi connectivity index (χ0) is 10.1. The highest BCUT2D eigenvalue weighted by molar-refractivity contribution is 7.13. The first-order chi connectivity index (χ1) is 5.88. The lowest BCUT2D eigenvalue weighted by atomic mass is 10.4. The minimum absolute atomic E-state index is 0.0465. The summed E-state index contributed by atoms with van der Waals surface area (Å²) < 4.78 is 37.9. The first-order valence-electron chi connectivity index (χ1n) is 3.25. The Balaban J connectivity index is 2.70. The van der Waals surface area contributed by atoms with E-state index in [1.807, 2.05) is 0 Å². The van der Waals surface area contributed by atoms with Gasteiger partial charge >= 0.3 is 12.3 Å². The average molecular weight is 210 g/mol. The Bertz CT molecular complexity index is 316. The van der Waals surface area contributed by atoms with Crippen molar-refractivity contribution < 1.29 is 22.7 Å². The van der Waals surface area contributed by atoms with E-state index in [-0.39, 0.29) is 4.88 Å². The van der Waals surface area contributed by atoms with E-state index in [0.29, 0.717) is 0 Å². The van der Waals surface area contributed by atoms with Crippen LogP contribution in [-0.2, 0) is 4.74 Å². The number of hydrogen-bond donors (Lipinski definition) is 0. The number of carbonyl (C=O) groups is 1. The van der Waals surface area contributed by atoms with Crippen LogP contribution in [0, 0.1) is 6.92 Å². The predicted molar refractivity (Wildman–Crippen MR) is 40.5 cm³/mol. The lowest BCUT2D eigenvalue weighted by Gasteiger charge is -2.04. The zero-order valence-electron chi connectivity index (χ0n) is 6.51. The maximum atomic E-state index is 11.6. The molecule has 0 aliphatic rings. The molecule has 0 saturated heterocycles. The molecule has 1 heterocycles. The van der Waals surface area contributed by atoms with Crippen molar-refractivity contribution in [2.75, 3.05) is 0 Å². The number of ether oxygens (including phenoxy) is 1. The van der Waals surface area contributed by atoms with Crippen LogP contribution in [0.15, 0.2) is 12.1 Å². The maximum Gasteiger partial charge on any atom is 0.575 e. The Morgan fingerprint density at radius 1 is 1.46 bits per heavy atom. The van der Waals surface area contributed by atoms with Crippen LogP contribution in [0.4, 0.5) is 13.2 Å². The highest BCUT2D eigenvalue weighted by Gasteiger charge is 2.34. The summed E-state index contributed by atoms with van der Waals surface area (Å²) in [6, 6.07) is 2.85. The van der Waals surface area contributed by atoms with E-state index in [9.17, 15) is 18.0 Å². The highest BCUT2D eigenvalue weighted by Crippen LogP contribution is 2.22. The minimum Gasteiger partial charge on any atom is -0.369 e. The van der Waals surface area contributed by atoms with Crippen molar-refractivity contribution in [3.63, 3.8) is 0 Å². The van der Waals surface area contributed by atoms with Crippen LogP contribution in [0.3, 0.4) is 0 Å². The zero-order valence-corrected chi connectivity index (χ0v) is 7.33. The number of aryl methyl sites for hydroxylation is 1. The van der Waals surface area contributed by atoms with Gasteiger partial charge in [-0.1, -0.05) is 0 Å². The number of halogens is 3. The Labute approximate surface area is 75.9 Å². The molecule has 0 N–H and O–H groups in total. The fourth-order valence-corrected chi connectivity index (χ4v) is 1.44. The summed E-state index contributed by atoms with van der Waals surface area (Å²) >= 11 is 0.962. The van der Waals surface area contributed by atoms with Crippen molar-refractivity contribution in [2.24, 2.45) is 0 Å². The van der Waals surface area contributed by atoms with Gasteiger partial charge in [0.25, 0.3) is 0 Å². The molecule has 0 unspecified atom stereocenters. The van der Waals surface area contributed by atoms with E-state index in [4.69, 9.17) is 0 Å². The average Bonchev–Trinajstić information content (AvgIpc) is 2.31. The van der Waals surface area contributed by atoms with Crippen molar-refractivity contribution in [2.45, 2.75) is 13.3 Å². The van der Waals surface area contributed by atoms with E-state index in [1.165, 1.54) is 6.07 Å². The van der Waals surface area contributed by atoms with E-state index >= 15 is 0 Å². The summed E-state index contributed by atoms with van der Waals surface area (Å²) in [6.07, 6.45) is -4.91. The van der Waals surface area contributed by atoms with Gasteiger partial charge in [0.1, 0.15) is 4.88 Å². The molecule has 0 radical (unpaired) electrons. The SMILES string of the molecule is Cc1ccc(C(=O)OC(F)(F)F)s1. The van der Waals surface area contributed by atoms with Crippen LogP contribution in [0.25, 0.3) is 0 Å². The van der Waals surface area contributed by atoms with Gasteiger partial charge in [-0.25, -0.2) is 4.79 Å². The van der Waals surface area contributed by atoms with Crippen LogP contribution >= 0.6 is 11.3 Å². The number of alkyl halides is 3. The van der Waals surface area contributed by atoms with Gasteiger partial charge in [0.2, 0.25) is 0 Å². The molecule has 0 aliphatic heterocycles. The Morgan fingerprint density at radius 3 is 2.46 bits per heavy atom. The smallest absolute Gasteiger partial charge is 0.369 e. The normalized spacial score (nSPS) is 11.4. The summed E-state index contributed by atoms with van der Waals surface area (Å²) in [5.74, 6) is -1.36. The van der Waals surface area contributed by atoms with Gasteiger partial charge in [-0.15, -0.1) is 24.5 Å². The monoisotopic (exact) mass is 210 g/mol. The molecule has 1 aromatic heterocycles. The van der Waals surface area contributed by atoms with Gasteiger partial charge in [0, 0.05) is 4.88 Å². The molecule has 1 rings (SSSR count). The molecular weight excluding hydrogens is 205 g/mol. The molecule has 0 fully saturated rings. The third-order valence-corrected chi connectivity index (χ3v) is 2.13. The number of esters is 1. The summed E-state index contributed by atoms with van der Waals surface area (Å²) in [5.41, 5.74) is 0. The molecule has 6 heteroatoms. The summed E-state index contributed by atoms with van der Waals surface area (Å²) in [4.78, 5) is 11.5. The Morgan fingerprint density at radius 2 is 2.08 bits per heavy atom. The third kappa shape index (κ3) is 3.06. The van der Waals surface area contributed by atoms with Crippen LogP contribution in [0.1, 0.15) is 14.5 Å². The standard InChI is InChI=1S/C7H5F3O2S/c1-4-2-3-5(13-4)6(11)12-7(8,9)10/h2-3H,1H3. The van der Waals surface area contributed by atoms with Crippen molar-refractivity contribution in [1.29, 1.82) is 0 Å². The second-order valence-electron chi connectivity index (χ2n) is 2.25. The van der Waals surface area contributed by atoms with E-state index < -0.39 is 12.3 Å². The fraction of sp³-hybridized carbons (Fsp3) is 0.286. The molecule has 0 saturated carbocycles. The Kier molecular flexibility index (Phi) is 2.60. The van der Waals surface area contributed by atoms with E-state index in [0.717, 1.165) is 16.2 Å². The van der Waals surface area contributed by atoms with E-state index in [1.54, 1.807) is 13.0 Å². The van der Waals surface area contributed by atoms with Crippen molar-refractivity contribution in [3.05, 3.63) is 21.9 Å². The maximum absolute atomic E-state index is 11.6. The second kappa shape index (κ2) is 3.37. The molecule has 1 aromatic rings. The Hall–Kier alpha value is -1.04. The lowest BCUT2D eigenvalue weighted by Crippen LogP contribution is -2.18. The molecule has 0 atom stereocenters. The minimum atomic E-state index is -4.91. The van der Waals surface area contributed by atoms with Crippen LogP contribution in [0.5, 0.6) is 0 Å². The number of rotatable bonds is 1. The number of hydrogen-bond acceptors (Lipinski definition) is 3. The molecule has 2 nitrogen and oxygen atoms in total. The second-order valence-corrected chi connectivity index (χ2v) is 3.53. The van der Waals surface area contributed by atoms with Gasteiger partial charge in [0.05, 0.1) is 0 Å². The highest BCUT2D eigenvalue weighted by atomic mass is 32.1. The van der Waals surface area contributed by atoms with Gasteiger partial charge in [-0.3, -0.25) is 0 Å². The molecule has 0 aliphatic carbocycles. The van der Waals surface area contributed by atoms with Crippen molar-refractivity contribution in [1.82, 2.24) is 0 Å².